The summed E-state index contributed by atoms with van der Waals surface area (Å²) < 4.78 is 66.2. The summed E-state index contributed by atoms with van der Waals surface area (Å²) in [5.41, 5.74) is -4.19. The van der Waals surface area contributed by atoms with Gasteiger partial charge < -0.3 is 30.0 Å². The molecule has 0 spiro atoms. The fourth-order valence-electron chi connectivity index (χ4n) is 8.64. The molecule has 368 valence electrons. The molecule has 0 aromatic rings. The summed E-state index contributed by atoms with van der Waals surface area (Å²) in [5, 5.41) is 38.1. The molecule has 0 bridgehead atoms. The largest absolute Gasteiger partial charge is 1.00 e. The molecule has 0 amide bonds. The van der Waals surface area contributed by atoms with E-state index in [0.29, 0.717) is 51.4 Å². The van der Waals surface area contributed by atoms with E-state index in [4.69, 9.17) is 0 Å². The molecule has 0 rings (SSSR count). The molecule has 0 aromatic carbocycles. The first-order chi connectivity index (χ1) is 29.3. The van der Waals surface area contributed by atoms with E-state index in [9.17, 15) is 65.5 Å². The van der Waals surface area contributed by atoms with E-state index in [1.54, 1.807) is 0 Å². The van der Waals surface area contributed by atoms with Crippen LogP contribution in [-0.2, 0) is 39.4 Å². The molecule has 0 aromatic heterocycles. The van der Waals surface area contributed by atoms with Crippen LogP contribution in [0.5, 0.6) is 0 Å². The van der Waals surface area contributed by atoms with Crippen LogP contribution < -0.4 is 69.3 Å². The Balaban J connectivity index is -0.000000599. The molecule has 2 atom stereocenters. The molecule has 2 unspecified atom stereocenters. The van der Waals surface area contributed by atoms with Crippen molar-refractivity contribution in [1.82, 2.24) is 0 Å². The molecule has 0 radical (unpaired) electrons. The SMILES string of the molecule is CCCCCCC(CCCCCC)(C(=O)O)C(C(=O)O)S(=O)(=O)O.CCCCCCCCCCCCCC(CCCCCCCCCCCCC)(C(=O)[O-])C(C(=O)[O-])S(=O)(=O)O.[Na+].[Na+]. The second kappa shape index (κ2) is 41.7. The molecule has 0 heterocycles. The van der Waals surface area contributed by atoms with Gasteiger partial charge in [0.2, 0.25) is 0 Å². The Morgan fingerprint density at radius 2 is 0.625 bits per heavy atom. The number of unbranched alkanes of at least 4 members (excludes halogenated alkanes) is 26. The van der Waals surface area contributed by atoms with Gasteiger partial charge in [-0.3, -0.25) is 18.7 Å². The van der Waals surface area contributed by atoms with E-state index < -0.39 is 65.4 Å². The Kier molecular flexibility index (Phi) is 45.7. The molecular weight excluding hydrogens is 887 g/mol. The predicted octanol–water partition coefficient (Wildman–Crippen LogP) is 3.48. The van der Waals surface area contributed by atoms with Gasteiger partial charge in [0.05, 0.1) is 11.4 Å². The summed E-state index contributed by atoms with van der Waals surface area (Å²) in [7, 11) is -10.2. The summed E-state index contributed by atoms with van der Waals surface area (Å²) in [5.74, 6) is -7.10. The maximum atomic E-state index is 12.3. The minimum Gasteiger partial charge on any atom is -0.549 e. The Bertz CT molecular complexity index is 1390. The third-order valence-corrected chi connectivity index (χ3v) is 14.8. The monoisotopic (exact) mass is 973 g/mol. The van der Waals surface area contributed by atoms with Crippen LogP contribution in [0.25, 0.3) is 0 Å². The van der Waals surface area contributed by atoms with Crippen LogP contribution >= 0.6 is 0 Å². The average molecular weight is 973 g/mol. The molecule has 0 aliphatic rings. The van der Waals surface area contributed by atoms with Crippen molar-refractivity contribution < 1.29 is 125 Å². The van der Waals surface area contributed by atoms with Gasteiger partial charge in [-0.15, -0.1) is 0 Å². The smallest absolute Gasteiger partial charge is 0.549 e. The van der Waals surface area contributed by atoms with Crippen LogP contribution in [0.15, 0.2) is 0 Å². The average Bonchev–Trinajstić information content (AvgIpc) is 3.17. The van der Waals surface area contributed by atoms with Crippen LogP contribution in [0, 0.1) is 10.8 Å². The van der Waals surface area contributed by atoms with Crippen molar-refractivity contribution in [2.75, 3.05) is 0 Å². The first kappa shape index (κ1) is 70.3. The van der Waals surface area contributed by atoms with E-state index in [0.717, 1.165) is 64.2 Å². The number of carboxylic acids is 4. The zero-order valence-electron chi connectivity index (χ0n) is 40.9. The Morgan fingerprint density at radius 1 is 0.406 bits per heavy atom. The van der Waals surface area contributed by atoms with Crippen molar-refractivity contribution in [1.29, 1.82) is 0 Å². The Hall–Kier alpha value is -0.300. The first-order valence-electron chi connectivity index (χ1n) is 24.1. The van der Waals surface area contributed by atoms with Crippen LogP contribution in [0.4, 0.5) is 0 Å². The summed E-state index contributed by atoms with van der Waals surface area (Å²) in [6.45, 7) is 8.34. The third kappa shape index (κ3) is 31.0. The minimum atomic E-state index is -5.18. The summed E-state index contributed by atoms with van der Waals surface area (Å²) >= 11 is 0. The molecule has 14 nitrogen and oxygen atoms in total. The number of aliphatic carboxylic acids is 4. The molecule has 0 fully saturated rings. The number of carboxylic acid groups (broad SMARTS) is 4. The second-order valence-corrected chi connectivity index (χ2v) is 20.5. The van der Waals surface area contributed by atoms with E-state index >= 15 is 0 Å². The maximum absolute atomic E-state index is 12.3. The molecule has 0 aliphatic carbocycles. The molecule has 18 heteroatoms. The van der Waals surface area contributed by atoms with E-state index in [2.05, 4.69) is 13.8 Å². The number of carbonyl (C=O) groups excluding carboxylic acids is 2. The van der Waals surface area contributed by atoms with Crippen molar-refractivity contribution in [3.63, 3.8) is 0 Å². The van der Waals surface area contributed by atoms with Crippen molar-refractivity contribution in [3.8, 4) is 0 Å². The van der Waals surface area contributed by atoms with Gasteiger partial charge in [0.1, 0.15) is 5.25 Å². The zero-order chi connectivity index (χ0) is 47.5. The fourth-order valence-corrected chi connectivity index (χ4v) is 10.9. The zero-order valence-corrected chi connectivity index (χ0v) is 46.5. The van der Waals surface area contributed by atoms with Gasteiger partial charge in [-0.1, -0.05) is 220 Å². The van der Waals surface area contributed by atoms with E-state index in [-0.39, 0.29) is 84.8 Å². The topological polar surface area (TPSA) is 264 Å². The molecule has 0 saturated carbocycles. The molecular formula is C46H86Na2O14S2. The maximum Gasteiger partial charge on any atom is 1.00 e. The van der Waals surface area contributed by atoms with Crippen LogP contribution in [0.2, 0.25) is 0 Å². The van der Waals surface area contributed by atoms with Gasteiger partial charge in [0, 0.05) is 11.4 Å². The number of hydrogen-bond acceptors (Lipinski definition) is 10. The summed E-state index contributed by atoms with van der Waals surface area (Å²) in [6.07, 6.45) is 28.1. The van der Waals surface area contributed by atoms with Gasteiger partial charge in [-0.2, -0.15) is 16.8 Å². The predicted molar refractivity (Wildman–Crippen MR) is 240 cm³/mol. The van der Waals surface area contributed by atoms with Crippen LogP contribution in [-0.4, -0.2) is 70.5 Å². The van der Waals surface area contributed by atoms with Crippen molar-refractivity contribution in [2.45, 2.75) is 257 Å². The quantitative estimate of drug-likeness (QED) is 0.0388. The minimum absolute atomic E-state index is 0. The van der Waals surface area contributed by atoms with Gasteiger partial charge in [-0.25, -0.2) is 0 Å². The van der Waals surface area contributed by atoms with Gasteiger partial charge in [0.25, 0.3) is 20.2 Å². The number of carbonyl (C=O) groups is 4. The number of rotatable bonds is 42. The molecule has 64 heavy (non-hydrogen) atoms. The van der Waals surface area contributed by atoms with Gasteiger partial charge in [-0.05, 0) is 25.7 Å². The summed E-state index contributed by atoms with van der Waals surface area (Å²) in [4.78, 5) is 47.4. The number of hydrogen-bond donors (Lipinski definition) is 4. The van der Waals surface area contributed by atoms with Gasteiger partial charge >= 0.3 is 71.1 Å². The fraction of sp³-hybridized carbons (Fsp3) is 0.913. The van der Waals surface area contributed by atoms with Crippen molar-refractivity contribution in [2.24, 2.45) is 10.8 Å². The normalized spacial score (nSPS) is 12.8. The molecule has 4 N–H and O–H groups in total. The van der Waals surface area contributed by atoms with Crippen LogP contribution in [0.1, 0.15) is 246 Å². The Labute approximate surface area is 432 Å². The molecule has 0 aliphatic heterocycles. The first-order valence-corrected chi connectivity index (χ1v) is 27.1. The van der Waals surface area contributed by atoms with Crippen LogP contribution in [0.3, 0.4) is 0 Å². The van der Waals surface area contributed by atoms with Crippen molar-refractivity contribution in [3.05, 3.63) is 0 Å². The molecule has 0 saturated heterocycles. The summed E-state index contributed by atoms with van der Waals surface area (Å²) in [6, 6.07) is 0. The van der Waals surface area contributed by atoms with E-state index in [1.807, 2.05) is 13.8 Å². The van der Waals surface area contributed by atoms with Gasteiger partial charge in [0.15, 0.2) is 5.25 Å². The second-order valence-electron chi connectivity index (χ2n) is 17.5. The third-order valence-electron chi connectivity index (χ3n) is 12.3. The van der Waals surface area contributed by atoms with Crippen molar-refractivity contribution >= 4 is 44.1 Å². The Morgan fingerprint density at radius 3 is 0.812 bits per heavy atom. The van der Waals surface area contributed by atoms with E-state index in [1.165, 1.54) is 77.0 Å². The standard InChI is InChI=1S/C30H58O7S.C16H30O7S.2Na/c1-3-5-7-9-11-13-15-17-19-21-23-25-30(29(33)34,27(28(31)32)38(35,36)37)26-24-22-20-18-16-14-12-10-8-6-4-2;1-3-5-7-9-11-16(15(19)20,12-10-8-6-4-2)13(14(17)18)24(21,22)23;;/h27H,3-26H2,1-2H3,(H,31,32)(H,33,34)(H,35,36,37);13H,3-12H2,1-2H3,(H,17,18)(H,19,20)(H,21,22,23);;/q;;2*+1/p-2.